The van der Waals surface area contributed by atoms with Gasteiger partial charge >= 0.3 is 0 Å². The van der Waals surface area contributed by atoms with E-state index in [-0.39, 0.29) is 5.91 Å². The second kappa shape index (κ2) is 9.09. The molecule has 4 rings (SSSR count). The van der Waals surface area contributed by atoms with Gasteiger partial charge < -0.3 is 14.5 Å². The number of rotatable bonds is 7. The van der Waals surface area contributed by atoms with Gasteiger partial charge in [-0.25, -0.2) is 4.98 Å². The number of anilines is 1. The molecule has 2 aromatic carbocycles. The Morgan fingerprint density at radius 1 is 1.06 bits per heavy atom. The molecule has 0 saturated heterocycles. The number of ether oxygens (including phenoxy) is 1. The molecule has 1 N–H and O–H groups in total. The number of amides is 1. The molecule has 0 atom stereocenters. The van der Waals surface area contributed by atoms with E-state index in [0.29, 0.717) is 18.9 Å². The zero-order valence-corrected chi connectivity index (χ0v) is 18.7. The van der Waals surface area contributed by atoms with Gasteiger partial charge in [0, 0.05) is 16.9 Å². The van der Waals surface area contributed by atoms with Crippen LogP contribution in [0.15, 0.2) is 59.0 Å². The number of carbonyl (C=O) groups excluding carboxylic acids is 1. The van der Waals surface area contributed by atoms with Crippen LogP contribution >= 0.6 is 0 Å². The van der Waals surface area contributed by atoms with Crippen LogP contribution in [0.4, 0.5) is 5.69 Å². The van der Waals surface area contributed by atoms with E-state index in [4.69, 9.17) is 9.15 Å². The summed E-state index contributed by atoms with van der Waals surface area (Å²) in [6.07, 6.45) is 0.292. The normalized spacial score (nSPS) is 10.9. The number of carbonyl (C=O) groups is 1. The van der Waals surface area contributed by atoms with Crippen LogP contribution in [0.25, 0.3) is 11.5 Å². The standard InChI is InChI=1S/C25H26N4O3/c1-16-13-17(2)29(28-16)15-23-18(3)32-25(27-23)20-7-9-21(10-8-20)26-24(30)14-19-5-11-22(31-4)12-6-19/h5-13H,14-15H2,1-4H3,(H,26,30). The Balaban J connectivity index is 1.41. The lowest BCUT2D eigenvalue weighted by Crippen LogP contribution is -2.14. The molecule has 7 nitrogen and oxygen atoms in total. The van der Waals surface area contributed by atoms with Gasteiger partial charge in [0.1, 0.15) is 17.2 Å². The summed E-state index contributed by atoms with van der Waals surface area (Å²) in [5.74, 6) is 2.01. The quantitative estimate of drug-likeness (QED) is 0.459. The fourth-order valence-electron chi connectivity index (χ4n) is 3.51. The fraction of sp³-hybridized carbons (Fsp3) is 0.240. The van der Waals surface area contributed by atoms with E-state index in [1.807, 2.05) is 80.1 Å². The van der Waals surface area contributed by atoms with E-state index in [9.17, 15) is 4.79 Å². The summed E-state index contributed by atoms with van der Waals surface area (Å²) < 4.78 is 13.0. The first-order valence-electron chi connectivity index (χ1n) is 10.4. The molecule has 7 heteroatoms. The van der Waals surface area contributed by atoms with Gasteiger partial charge in [0.05, 0.1) is 25.8 Å². The molecular weight excluding hydrogens is 404 g/mol. The van der Waals surface area contributed by atoms with Crippen molar-refractivity contribution in [3.63, 3.8) is 0 Å². The van der Waals surface area contributed by atoms with E-state index < -0.39 is 0 Å². The summed E-state index contributed by atoms with van der Waals surface area (Å²) in [7, 11) is 1.62. The summed E-state index contributed by atoms with van der Waals surface area (Å²) in [6, 6.07) is 17.0. The Labute approximate surface area is 187 Å². The van der Waals surface area contributed by atoms with Gasteiger partial charge in [0.2, 0.25) is 11.8 Å². The lowest BCUT2D eigenvalue weighted by molar-refractivity contribution is -0.115. The Hall–Kier alpha value is -3.87. The first-order valence-corrected chi connectivity index (χ1v) is 10.4. The molecule has 0 aliphatic rings. The van der Waals surface area contributed by atoms with Crippen molar-refractivity contribution in [3.8, 4) is 17.2 Å². The third-order valence-electron chi connectivity index (χ3n) is 5.23. The number of hydrogen-bond acceptors (Lipinski definition) is 5. The zero-order valence-electron chi connectivity index (χ0n) is 18.7. The third kappa shape index (κ3) is 4.88. The summed E-state index contributed by atoms with van der Waals surface area (Å²) in [4.78, 5) is 17.0. The Kier molecular flexibility index (Phi) is 6.07. The number of hydrogen-bond donors (Lipinski definition) is 1. The molecule has 0 bridgehead atoms. The molecule has 0 radical (unpaired) electrons. The minimum atomic E-state index is -0.0814. The molecule has 0 aliphatic heterocycles. The van der Waals surface area contributed by atoms with Gasteiger partial charge in [0.15, 0.2) is 0 Å². The van der Waals surface area contributed by atoms with Gasteiger partial charge in [-0.15, -0.1) is 0 Å². The van der Waals surface area contributed by atoms with Gasteiger partial charge in [0.25, 0.3) is 0 Å². The molecule has 0 spiro atoms. The summed E-state index contributed by atoms with van der Waals surface area (Å²) >= 11 is 0. The molecule has 2 aromatic heterocycles. The van der Waals surface area contributed by atoms with Crippen molar-refractivity contribution in [3.05, 3.63) is 83.0 Å². The van der Waals surface area contributed by atoms with Gasteiger partial charge in [-0.2, -0.15) is 5.10 Å². The fourth-order valence-corrected chi connectivity index (χ4v) is 3.51. The molecule has 0 unspecified atom stereocenters. The maximum atomic E-state index is 12.4. The summed E-state index contributed by atoms with van der Waals surface area (Å²) in [6.45, 7) is 6.47. The van der Waals surface area contributed by atoms with E-state index in [0.717, 1.165) is 45.4 Å². The van der Waals surface area contributed by atoms with Crippen molar-refractivity contribution < 1.29 is 13.9 Å². The monoisotopic (exact) mass is 430 g/mol. The summed E-state index contributed by atoms with van der Waals surface area (Å²) in [5, 5.41) is 7.42. The lowest BCUT2D eigenvalue weighted by Gasteiger charge is -2.06. The highest BCUT2D eigenvalue weighted by Gasteiger charge is 2.14. The molecule has 0 saturated carbocycles. The average Bonchev–Trinajstić information content (AvgIpc) is 3.30. The Morgan fingerprint density at radius 3 is 2.41 bits per heavy atom. The highest BCUT2D eigenvalue weighted by molar-refractivity contribution is 5.92. The zero-order chi connectivity index (χ0) is 22.7. The topological polar surface area (TPSA) is 82.2 Å². The second-order valence-corrected chi connectivity index (χ2v) is 7.76. The predicted molar refractivity (Wildman–Crippen MR) is 123 cm³/mol. The van der Waals surface area contributed by atoms with Crippen molar-refractivity contribution in [1.29, 1.82) is 0 Å². The smallest absolute Gasteiger partial charge is 0.228 e. The summed E-state index contributed by atoms with van der Waals surface area (Å²) in [5.41, 5.74) is 5.40. The second-order valence-electron chi connectivity index (χ2n) is 7.76. The Morgan fingerprint density at radius 2 is 1.78 bits per heavy atom. The highest BCUT2D eigenvalue weighted by atomic mass is 16.5. The van der Waals surface area contributed by atoms with Crippen LogP contribution in [0.3, 0.4) is 0 Å². The van der Waals surface area contributed by atoms with Crippen molar-refractivity contribution in [1.82, 2.24) is 14.8 Å². The first-order chi connectivity index (χ1) is 15.4. The van der Waals surface area contributed by atoms with Crippen LogP contribution in [-0.2, 0) is 17.8 Å². The maximum absolute atomic E-state index is 12.4. The number of nitrogens with one attached hydrogen (secondary N) is 1. The van der Waals surface area contributed by atoms with E-state index in [2.05, 4.69) is 15.4 Å². The van der Waals surface area contributed by atoms with E-state index in [1.165, 1.54) is 0 Å². The predicted octanol–water partition coefficient (Wildman–Crippen LogP) is 4.70. The van der Waals surface area contributed by atoms with Crippen molar-refractivity contribution in [2.24, 2.45) is 0 Å². The molecule has 0 aliphatic carbocycles. The molecule has 4 aromatic rings. The average molecular weight is 431 g/mol. The molecule has 0 fully saturated rings. The third-order valence-corrected chi connectivity index (χ3v) is 5.23. The number of aromatic nitrogens is 3. The van der Waals surface area contributed by atoms with Crippen LogP contribution < -0.4 is 10.1 Å². The number of methoxy groups -OCH3 is 1. The molecule has 32 heavy (non-hydrogen) atoms. The molecule has 2 heterocycles. The number of benzene rings is 2. The number of oxazole rings is 1. The SMILES string of the molecule is COc1ccc(CC(=O)Nc2ccc(-c3nc(Cn4nc(C)cc4C)c(C)o3)cc2)cc1. The van der Waals surface area contributed by atoms with Crippen molar-refractivity contribution in [2.45, 2.75) is 33.7 Å². The molecule has 164 valence electrons. The van der Waals surface area contributed by atoms with Crippen LogP contribution in [0.5, 0.6) is 5.75 Å². The minimum Gasteiger partial charge on any atom is -0.497 e. The van der Waals surface area contributed by atoms with E-state index in [1.54, 1.807) is 7.11 Å². The van der Waals surface area contributed by atoms with E-state index >= 15 is 0 Å². The maximum Gasteiger partial charge on any atom is 0.228 e. The van der Waals surface area contributed by atoms with Gasteiger partial charge in [-0.3, -0.25) is 9.48 Å². The van der Waals surface area contributed by atoms with Crippen LogP contribution in [0, 0.1) is 20.8 Å². The largest absolute Gasteiger partial charge is 0.497 e. The van der Waals surface area contributed by atoms with Gasteiger partial charge in [-0.1, -0.05) is 12.1 Å². The number of nitrogens with zero attached hydrogens (tertiary/aromatic N) is 3. The minimum absolute atomic E-state index is 0.0814. The molecule has 1 amide bonds. The van der Waals surface area contributed by atoms with Crippen LogP contribution in [0.2, 0.25) is 0 Å². The lowest BCUT2D eigenvalue weighted by atomic mass is 10.1. The molecular formula is C25H26N4O3. The highest BCUT2D eigenvalue weighted by Crippen LogP contribution is 2.24. The van der Waals surface area contributed by atoms with Crippen LogP contribution in [-0.4, -0.2) is 27.8 Å². The van der Waals surface area contributed by atoms with Crippen molar-refractivity contribution >= 4 is 11.6 Å². The van der Waals surface area contributed by atoms with Crippen molar-refractivity contribution in [2.75, 3.05) is 12.4 Å². The first kappa shape index (κ1) is 21.4. The Bertz CT molecular complexity index is 1220. The van der Waals surface area contributed by atoms with Crippen LogP contribution in [0.1, 0.15) is 28.4 Å². The number of aryl methyl sites for hydroxylation is 3. The van der Waals surface area contributed by atoms with Gasteiger partial charge in [-0.05, 0) is 68.8 Å².